The molecule has 0 fully saturated rings. The van der Waals surface area contributed by atoms with Crippen LogP contribution in [-0.4, -0.2) is 32.5 Å². The molecule has 0 bridgehead atoms. The van der Waals surface area contributed by atoms with Crippen molar-refractivity contribution in [3.05, 3.63) is 39.8 Å². The van der Waals surface area contributed by atoms with E-state index in [1.54, 1.807) is 36.6 Å². The number of aryl methyl sites for hydroxylation is 1. The number of benzene rings is 1. The van der Waals surface area contributed by atoms with Gasteiger partial charge in [-0.3, -0.25) is 0 Å². The molecule has 0 saturated carbocycles. The van der Waals surface area contributed by atoms with Gasteiger partial charge in [0.05, 0.1) is 19.3 Å². The number of hydrogen-bond acceptors (Lipinski definition) is 7. The molecule has 28 heavy (non-hydrogen) atoms. The maximum Gasteiger partial charge on any atom is 0.344 e. The zero-order valence-corrected chi connectivity index (χ0v) is 16.8. The number of nitriles is 1. The van der Waals surface area contributed by atoms with Gasteiger partial charge in [0, 0.05) is 11.1 Å². The SMILES string of the molecule is CCOC(=O)COc1ccc(/C=N/c2sc3c(c2C#N)CCCC3)cc1OC. The molecule has 1 heterocycles. The molecule has 1 aliphatic rings. The van der Waals surface area contributed by atoms with Gasteiger partial charge in [-0.05, 0) is 61.9 Å². The molecule has 0 aliphatic heterocycles. The Morgan fingerprint density at radius 1 is 1.32 bits per heavy atom. The van der Waals surface area contributed by atoms with Crippen LogP contribution in [0.25, 0.3) is 0 Å². The Morgan fingerprint density at radius 2 is 2.14 bits per heavy atom. The number of thiophene rings is 1. The number of carbonyl (C=O) groups is 1. The van der Waals surface area contributed by atoms with Crippen LogP contribution in [0.15, 0.2) is 23.2 Å². The second-order valence-electron chi connectivity index (χ2n) is 6.27. The monoisotopic (exact) mass is 398 g/mol. The van der Waals surface area contributed by atoms with Crippen LogP contribution in [0.3, 0.4) is 0 Å². The summed E-state index contributed by atoms with van der Waals surface area (Å²) in [4.78, 5) is 17.3. The average Bonchev–Trinajstić information content (AvgIpc) is 3.08. The van der Waals surface area contributed by atoms with E-state index in [2.05, 4.69) is 11.1 Å². The van der Waals surface area contributed by atoms with Crippen LogP contribution in [0.4, 0.5) is 5.00 Å². The lowest BCUT2D eigenvalue weighted by atomic mass is 9.96. The Labute approximate surface area is 168 Å². The van der Waals surface area contributed by atoms with E-state index in [4.69, 9.17) is 14.2 Å². The standard InChI is InChI=1S/C21H22N2O4S/c1-3-26-20(24)13-27-17-9-8-14(10-18(17)25-2)12-23-21-16(11-22)15-6-4-5-7-19(15)28-21/h8-10,12H,3-7,13H2,1-2H3/b23-12+. The predicted molar refractivity (Wildman–Crippen MR) is 108 cm³/mol. The Morgan fingerprint density at radius 3 is 2.89 bits per heavy atom. The molecule has 6 nitrogen and oxygen atoms in total. The van der Waals surface area contributed by atoms with Gasteiger partial charge >= 0.3 is 5.97 Å². The molecule has 0 spiro atoms. The molecule has 0 saturated heterocycles. The van der Waals surface area contributed by atoms with Crippen molar-refractivity contribution in [2.24, 2.45) is 4.99 Å². The van der Waals surface area contributed by atoms with Crippen LogP contribution >= 0.6 is 11.3 Å². The number of nitrogens with zero attached hydrogens (tertiary/aromatic N) is 2. The lowest BCUT2D eigenvalue weighted by Gasteiger charge is -2.10. The van der Waals surface area contributed by atoms with Crippen molar-refractivity contribution in [2.45, 2.75) is 32.6 Å². The molecule has 7 heteroatoms. The van der Waals surface area contributed by atoms with Crippen molar-refractivity contribution < 1.29 is 19.0 Å². The highest BCUT2D eigenvalue weighted by Gasteiger charge is 2.20. The van der Waals surface area contributed by atoms with Crippen molar-refractivity contribution in [3.63, 3.8) is 0 Å². The minimum Gasteiger partial charge on any atom is -0.493 e. The maximum atomic E-state index is 11.5. The van der Waals surface area contributed by atoms with Gasteiger partial charge in [-0.2, -0.15) is 5.26 Å². The number of hydrogen-bond donors (Lipinski definition) is 0. The van der Waals surface area contributed by atoms with Crippen LogP contribution < -0.4 is 9.47 Å². The maximum absolute atomic E-state index is 11.5. The van der Waals surface area contributed by atoms with Gasteiger partial charge in [0.1, 0.15) is 11.1 Å². The highest BCUT2D eigenvalue weighted by molar-refractivity contribution is 7.16. The summed E-state index contributed by atoms with van der Waals surface area (Å²) >= 11 is 1.61. The molecule has 0 N–H and O–H groups in total. The fourth-order valence-corrected chi connectivity index (χ4v) is 4.30. The molecule has 0 amide bonds. The molecule has 2 aromatic rings. The molecule has 0 radical (unpaired) electrons. The van der Waals surface area contributed by atoms with Crippen LogP contribution in [0.5, 0.6) is 11.5 Å². The van der Waals surface area contributed by atoms with Crippen molar-refractivity contribution >= 4 is 28.5 Å². The lowest BCUT2D eigenvalue weighted by Crippen LogP contribution is -2.14. The summed E-state index contributed by atoms with van der Waals surface area (Å²) in [7, 11) is 1.54. The van der Waals surface area contributed by atoms with E-state index < -0.39 is 5.97 Å². The molecule has 3 rings (SSSR count). The molecule has 1 aromatic carbocycles. The molecular formula is C21H22N2O4S. The fraction of sp³-hybridized carbons (Fsp3) is 0.381. The van der Waals surface area contributed by atoms with Gasteiger partial charge < -0.3 is 14.2 Å². The minimum absolute atomic E-state index is 0.177. The summed E-state index contributed by atoms with van der Waals surface area (Å²) in [6, 6.07) is 7.65. The van der Waals surface area contributed by atoms with E-state index in [9.17, 15) is 10.1 Å². The van der Waals surface area contributed by atoms with Crippen molar-refractivity contribution in [3.8, 4) is 17.6 Å². The normalized spacial score (nSPS) is 13.0. The molecule has 0 atom stereocenters. The summed E-state index contributed by atoms with van der Waals surface area (Å²) < 4.78 is 15.7. The van der Waals surface area contributed by atoms with E-state index >= 15 is 0 Å². The van der Waals surface area contributed by atoms with E-state index in [0.29, 0.717) is 23.7 Å². The summed E-state index contributed by atoms with van der Waals surface area (Å²) in [6.07, 6.45) is 6.02. The zero-order valence-electron chi connectivity index (χ0n) is 16.0. The third-order valence-corrected chi connectivity index (χ3v) is 5.63. The first-order chi connectivity index (χ1) is 13.7. The first-order valence-electron chi connectivity index (χ1n) is 9.21. The highest BCUT2D eigenvalue weighted by atomic mass is 32.1. The van der Waals surface area contributed by atoms with Crippen LogP contribution in [0.1, 0.15) is 41.3 Å². The summed E-state index contributed by atoms with van der Waals surface area (Å²) in [5.74, 6) is 0.525. The van der Waals surface area contributed by atoms with Crippen LogP contribution in [-0.2, 0) is 22.4 Å². The number of ether oxygens (including phenoxy) is 3. The van der Waals surface area contributed by atoms with Crippen LogP contribution in [0, 0.1) is 11.3 Å². The number of esters is 1. The van der Waals surface area contributed by atoms with Crippen molar-refractivity contribution in [1.29, 1.82) is 5.26 Å². The van der Waals surface area contributed by atoms with Gasteiger partial charge in [-0.1, -0.05) is 0 Å². The second-order valence-corrected chi connectivity index (χ2v) is 7.35. The summed E-state index contributed by atoms with van der Waals surface area (Å²) in [5, 5.41) is 10.3. The topological polar surface area (TPSA) is 80.9 Å². The Hall–Kier alpha value is -2.85. The lowest BCUT2D eigenvalue weighted by molar-refractivity contribution is -0.145. The second kappa shape index (κ2) is 9.38. The van der Waals surface area contributed by atoms with Crippen molar-refractivity contribution in [2.75, 3.05) is 20.3 Å². The summed E-state index contributed by atoms with van der Waals surface area (Å²) in [6.45, 7) is 1.88. The summed E-state index contributed by atoms with van der Waals surface area (Å²) in [5.41, 5.74) is 2.69. The molecule has 1 aliphatic carbocycles. The van der Waals surface area contributed by atoms with E-state index in [1.165, 1.54) is 24.0 Å². The zero-order chi connectivity index (χ0) is 19.9. The van der Waals surface area contributed by atoms with Crippen LogP contribution in [0.2, 0.25) is 0 Å². The predicted octanol–water partition coefficient (Wildman–Crippen LogP) is 4.20. The van der Waals surface area contributed by atoms with E-state index in [1.807, 2.05) is 6.07 Å². The largest absolute Gasteiger partial charge is 0.493 e. The number of rotatable bonds is 7. The first-order valence-corrected chi connectivity index (χ1v) is 10.0. The Bertz CT molecular complexity index is 927. The average molecular weight is 398 g/mol. The van der Waals surface area contributed by atoms with Gasteiger partial charge in [-0.15, -0.1) is 11.3 Å². The van der Waals surface area contributed by atoms with E-state index in [-0.39, 0.29) is 6.61 Å². The van der Waals surface area contributed by atoms with Gasteiger partial charge in [0.2, 0.25) is 0 Å². The first kappa shape index (κ1) is 19.9. The van der Waals surface area contributed by atoms with Gasteiger partial charge in [0.25, 0.3) is 0 Å². The third kappa shape index (κ3) is 4.52. The van der Waals surface area contributed by atoms with Gasteiger partial charge in [0.15, 0.2) is 18.1 Å². The molecule has 0 unspecified atom stereocenters. The minimum atomic E-state index is -0.430. The molecular weight excluding hydrogens is 376 g/mol. The van der Waals surface area contributed by atoms with Crippen molar-refractivity contribution in [1.82, 2.24) is 0 Å². The fourth-order valence-electron chi connectivity index (χ4n) is 3.11. The third-order valence-electron chi connectivity index (χ3n) is 4.43. The number of fused-ring (bicyclic) bond motifs is 1. The smallest absolute Gasteiger partial charge is 0.344 e. The molecule has 1 aromatic heterocycles. The Balaban J connectivity index is 1.77. The quantitative estimate of drug-likeness (QED) is 0.516. The van der Waals surface area contributed by atoms with Gasteiger partial charge in [-0.25, -0.2) is 9.79 Å². The highest BCUT2D eigenvalue weighted by Crippen LogP contribution is 2.39. The Kier molecular flexibility index (Phi) is 6.66. The number of carbonyl (C=O) groups excluding carboxylic acids is 1. The molecule has 146 valence electrons. The van der Waals surface area contributed by atoms with E-state index in [0.717, 1.165) is 29.8 Å². The number of methoxy groups -OCH3 is 1. The number of aliphatic imine (C=N–C) groups is 1.